The van der Waals surface area contributed by atoms with Crippen LogP contribution >= 0.6 is 35.3 Å². The molecular weight excluding hydrogens is 447 g/mol. The largest absolute Gasteiger partial charge is 0.384 e. The molecule has 2 aliphatic rings. The third-order valence-corrected chi connectivity index (χ3v) is 6.24. The van der Waals surface area contributed by atoms with E-state index in [0.29, 0.717) is 12.0 Å². The normalized spacial score (nSPS) is 22.4. The summed E-state index contributed by atoms with van der Waals surface area (Å²) in [5.74, 6) is 1.67. The predicted octanol–water partition coefficient (Wildman–Crippen LogP) is 2.66. The number of hydrogen-bond acceptors (Lipinski definition) is 4. The van der Waals surface area contributed by atoms with Crippen molar-refractivity contribution < 1.29 is 4.74 Å². The van der Waals surface area contributed by atoms with Gasteiger partial charge in [-0.2, -0.15) is 0 Å². The predicted molar refractivity (Wildman–Crippen MR) is 116 cm³/mol. The number of thiophene rings is 1. The molecule has 0 spiro atoms. The molecule has 0 aliphatic carbocycles. The Bertz CT molecular complexity index is 565. The second-order valence-electron chi connectivity index (χ2n) is 6.92. The molecule has 2 atom stereocenters. The molecule has 0 aromatic carbocycles. The number of rotatable bonds is 5. The highest BCUT2D eigenvalue weighted by molar-refractivity contribution is 14.0. The lowest BCUT2D eigenvalue weighted by molar-refractivity contribution is 0.157. The summed E-state index contributed by atoms with van der Waals surface area (Å²) < 4.78 is 5.29. The van der Waals surface area contributed by atoms with Crippen LogP contribution in [0.5, 0.6) is 0 Å². The maximum atomic E-state index is 5.29. The Labute approximate surface area is 172 Å². The summed E-state index contributed by atoms with van der Waals surface area (Å²) in [5.41, 5.74) is 1.52. The Kier molecular flexibility index (Phi) is 8.44. The lowest BCUT2D eigenvalue weighted by atomic mass is 10.1. The summed E-state index contributed by atoms with van der Waals surface area (Å²) in [6.45, 7) is 8.47. The first-order chi connectivity index (χ1) is 11.7. The molecule has 0 radical (unpaired) electrons. The van der Waals surface area contributed by atoms with Gasteiger partial charge in [0, 0.05) is 63.7 Å². The molecule has 1 N–H and O–H groups in total. The second kappa shape index (κ2) is 10.1. The van der Waals surface area contributed by atoms with Crippen LogP contribution in [0.2, 0.25) is 0 Å². The number of methoxy groups -OCH3 is 1. The van der Waals surface area contributed by atoms with E-state index < -0.39 is 0 Å². The molecule has 142 valence electrons. The van der Waals surface area contributed by atoms with E-state index >= 15 is 0 Å². The van der Waals surface area contributed by atoms with Gasteiger partial charge in [0.1, 0.15) is 0 Å². The maximum absolute atomic E-state index is 5.29. The van der Waals surface area contributed by atoms with Crippen molar-refractivity contribution in [1.29, 1.82) is 0 Å². The molecular formula is C18H31IN4OS. The second-order valence-corrected chi connectivity index (χ2v) is 7.92. The number of aliphatic imine (C=N–C) groups is 1. The van der Waals surface area contributed by atoms with E-state index in [1.807, 2.05) is 18.4 Å². The summed E-state index contributed by atoms with van der Waals surface area (Å²) >= 11 is 1.90. The van der Waals surface area contributed by atoms with E-state index in [0.717, 1.165) is 45.3 Å². The minimum atomic E-state index is 0. The summed E-state index contributed by atoms with van der Waals surface area (Å²) in [5, 5.41) is 5.81. The summed E-state index contributed by atoms with van der Waals surface area (Å²) in [6.07, 6.45) is 2.38. The van der Waals surface area contributed by atoms with E-state index in [1.165, 1.54) is 18.4 Å². The van der Waals surface area contributed by atoms with Gasteiger partial charge in [-0.05, 0) is 36.8 Å². The van der Waals surface area contributed by atoms with E-state index in [2.05, 4.69) is 38.5 Å². The van der Waals surface area contributed by atoms with Crippen LogP contribution in [-0.4, -0.2) is 68.7 Å². The molecule has 2 unspecified atom stereocenters. The van der Waals surface area contributed by atoms with Crippen molar-refractivity contribution in [3.63, 3.8) is 0 Å². The molecule has 1 aromatic rings. The van der Waals surface area contributed by atoms with Crippen LogP contribution in [-0.2, 0) is 17.7 Å². The van der Waals surface area contributed by atoms with Crippen LogP contribution in [0.4, 0.5) is 0 Å². The molecule has 1 aromatic heterocycles. The van der Waals surface area contributed by atoms with Gasteiger partial charge in [0.25, 0.3) is 0 Å². The number of ether oxygens (including phenoxy) is 1. The van der Waals surface area contributed by atoms with Crippen LogP contribution in [0.3, 0.4) is 0 Å². The minimum Gasteiger partial charge on any atom is -0.384 e. The van der Waals surface area contributed by atoms with Crippen molar-refractivity contribution in [2.75, 3.05) is 46.9 Å². The smallest absolute Gasteiger partial charge is 0.193 e. The SMILES string of the molecule is CN=C(NCC(C)N1CCc2sccc2C1)N1CCC(COC)C1.I. The first kappa shape index (κ1) is 20.9. The highest BCUT2D eigenvalue weighted by atomic mass is 127. The molecule has 1 saturated heterocycles. The molecule has 2 aliphatic heterocycles. The van der Waals surface area contributed by atoms with Crippen molar-refractivity contribution >= 4 is 41.3 Å². The maximum Gasteiger partial charge on any atom is 0.193 e. The fraction of sp³-hybridized carbons (Fsp3) is 0.722. The first-order valence-corrected chi connectivity index (χ1v) is 9.83. The van der Waals surface area contributed by atoms with Crippen molar-refractivity contribution in [3.8, 4) is 0 Å². The van der Waals surface area contributed by atoms with Crippen LogP contribution in [0.15, 0.2) is 16.4 Å². The Morgan fingerprint density at radius 3 is 3.08 bits per heavy atom. The summed E-state index contributed by atoms with van der Waals surface area (Å²) in [7, 11) is 3.67. The number of fused-ring (bicyclic) bond motifs is 1. The third-order valence-electron chi connectivity index (χ3n) is 5.22. The standard InChI is InChI=1S/C18H30N4OS.HI/c1-14(21-8-5-17-16(12-21)6-9-24-17)10-20-18(19-2)22-7-4-15(11-22)13-23-3;/h6,9,14-15H,4-5,7-8,10-13H2,1-3H3,(H,19,20);1H. The zero-order chi connectivity index (χ0) is 16.9. The molecule has 3 rings (SSSR count). The highest BCUT2D eigenvalue weighted by Gasteiger charge is 2.26. The molecule has 0 amide bonds. The number of nitrogens with one attached hydrogen (secondary N) is 1. The molecule has 3 heterocycles. The van der Waals surface area contributed by atoms with Crippen molar-refractivity contribution in [1.82, 2.24) is 15.1 Å². The van der Waals surface area contributed by atoms with Crippen LogP contribution < -0.4 is 5.32 Å². The summed E-state index contributed by atoms with van der Waals surface area (Å²) in [4.78, 5) is 11.0. The lowest BCUT2D eigenvalue weighted by Crippen LogP contribution is -2.48. The Morgan fingerprint density at radius 2 is 2.32 bits per heavy atom. The van der Waals surface area contributed by atoms with Gasteiger partial charge < -0.3 is 15.0 Å². The van der Waals surface area contributed by atoms with Crippen molar-refractivity contribution in [3.05, 3.63) is 21.9 Å². The van der Waals surface area contributed by atoms with Gasteiger partial charge in [-0.25, -0.2) is 0 Å². The van der Waals surface area contributed by atoms with Gasteiger partial charge in [0.05, 0.1) is 6.61 Å². The zero-order valence-electron chi connectivity index (χ0n) is 15.5. The minimum absolute atomic E-state index is 0. The summed E-state index contributed by atoms with van der Waals surface area (Å²) in [6, 6.07) is 2.79. The Morgan fingerprint density at radius 1 is 1.48 bits per heavy atom. The van der Waals surface area contributed by atoms with Crippen LogP contribution in [0.25, 0.3) is 0 Å². The van der Waals surface area contributed by atoms with Crippen LogP contribution in [0.1, 0.15) is 23.8 Å². The molecule has 0 bridgehead atoms. The first-order valence-electron chi connectivity index (χ1n) is 8.95. The monoisotopic (exact) mass is 478 g/mol. The topological polar surface area (TPSA) is 40.1 Å². The zero-order valence-corrected chi connectivity index (χ0v) is 18.7. The number of hydrogen-bond donors (Lipinski definition) is 1. The van der Waals surface area contributed by atoms with Crippen molar-refractivity contribution in [2.24, 2.45) is 10.9 Å². The molecule has 5 nitrogen and oxygen atoms in total. The molecule has 25 heavy (non-hydrogen) atoms. The Balaban J connectivity index is 0.00000225. The van der Waals surface area contributed by atoms with Gasteiger partial charge in [-0.3, -0.25) is 9.89 Å². The van der Waals surface area contributed by atoms with E-state index in [-0.39, 0.29) is 24.0 Å². The fourth-order valence-electron chi connectivity index (χ4n) is 3.74. The molecule has 0 saturated carbocycles. The van der Waals surface area contributed by atoms with Gasteiger partial charge in [0.15, 0.2) is 5.96 Å². The van der Waals surface area contributed by atoms with Crippen molar-refractivity contribution in [2.45, 2.75) is 32.4 Å². The third kappa shape index (κ3) is 5.30. The average Bonchev–Trinajstić information content (AvgIpc) is 3.24. The molecule has 7 heteroatoms. The van der Waals surface area contributed by atoms with E-state index in [4.69, 9.17) is 4.74 Å². The van der Waals surface area contributed by atoms with Gasteiger partial charge >= 0.3 is 0 Å². The average molecular weight is 478 g/mol. The highest BCUT2D eigenvalue weighted by Crippen LogP contribution is 2.25. The number of nitrogens with zero attached hydrogens (tertiary/aromatic N) is 3. The number of guanidine groups is 1. The van der Waals surface area contributed by atoms with Gasteiger partial charge in [0.2, 0.25) is 0 Å². The van der Waals surface area contributed by atoms with Gasteiger partial charge in [-0.15, -0.1) is 35.3 Å². The van der Waals surface area contributed by atoms with Crippen LogP contribution in [0, 0.1) is 5.92 Å². The van der Waals surface area contributed by atoms with E-state index in [1.54, 1.807) is 12.0 Å². The number of likely N-dealkylation sites (tertiary alicyclic amines) is 1. The lowest BCUT2D eigenvalue weighted by Gasteiger charge is -2.33. The number of halogens is 1. The molecule has 1 fully saturated rings. The van der Waals surface area contributed by atoms with Gasteiger partial charge in [-0.1, -0.05) is 0 Å². The Hall–Kier alpha value is -0.380. The quantitative estimate of drug-likeness (QED) is 0.402. The fourth-order valence-corrected chi connectivity index (χ4v) is 4.63. The van der Waals surface area contributed by atoms with E-state index in [9.17, 15) is 0 Å².